The normalized spacial score (nSPS) is 19.2. The third-order valence-corrected chi connectivity index (χ3v) is 8.22. The number of nitrogens with two attached hydrogens (primary N) is 1. The van der Waals surface area contributed by atoms with Gasteiger partial charge in [0.1, 0.15) is 0 Å². The van der Waals surface area contributed by atoms with Crippen molar-refractivity contribution < 1.29 is 0 Å². The zero-order valence-electron chi connectivity index (χ0n) is 23.8. The van der Waals surface area contributed by atoms with E-state index in [4.69, 9.17) is 5.73 Å². The van der Waals surface area contributed by atoms with E-state index >= 15 is 0 Å². The summed E-state index contributed by atoms with van der Waals surface area (Å²) in [5.41, 5.74) is 6.40. The van der Waals surface area contributed by atoms with E-state index in [1.165, 1.54) is 148 Å². The van der Waals surface area contributed by atoms with Gasteiger partial charge in [-0.1, -0.05) is 155 Å². The van der Waals surface area contributed by atoms with Crippen LogP contribution in [0.2, 0.25) is 0 Å². The lowest BCUT2D eigenvalue weighted by Crippen LogP contribution is -2.34. The van der Waals surface area contributed by atoms with Crippen molar-refractivity contribution in [2.24, 2.45) is 23.5 Å². The van der Waals surface area contributed by atoms with Crippen LogP contribution in [0.1, 0.15) is 182 Å². The second kappa shape index (κ2) is 20.2. The summed E-state index contributed by atoms with van der Waals surface area (Å²) in [6, 6.07) is 0. The molecule has 3 atom stereocenters. The Morgan fingerprint density at radius 3 is 1.33 bits per heavy atom. The molecule has 0 saturated heterocycles. The summed E-state index contributed by atoms with van der Waals surface area (Å²) in [6.07, 6.45) is 34.7. The lowest BCUT2D eigenvalue weighted by molar-refractivity contribution is 0.309. The van der Waals surface area contributed by atoms with Crippen molar-refractivity contribution in [1.29, 1.82) is 0 Å². The Hall–Kier alpha value is -0.0400. The first kappa shape index (κ1) is 31.0. The standard InChI is InChI=1S/C32H65N/c1-5-7-9-11-13-15-19-23-29(28-32(3,4)33)24-20-16-14-18-22-26-31-27-30(31)25-21-17-12-10-8-6-2/h29-31H,5-28,33H2,1-4H3/t29?,30-,31+/m1/s1. The van der Waals surface area contributed by atoms with Crippen LogP contribution >= 0.6 is 0 Å². The average Bonchev–Trinajstić information content (AvgIpc) is 3.51. The van der Waals surface area contributed by atoms with Crippen LogP contribution < -0.4 is 5.73 Å². The topological polar surface area (TPSA) is 26.0 Å². The SMILES string of the molecule is CCCCCCCCCC(CCCCCCC[C@H]1C[C@H]1CCCCCCCC)CC(C)(C)N. The lowest BCUT2D eigenvalue weighted by atomic mass is 9.84. The predicted molar refractivity (Wildman–Crippen MR) is 151 cm³/mol. The van der Waals surface area contributed by atoms with Crippen molar-refractivity contribution >= 4 is 0 Å². The van der Waals surface area contributed by atoms with Gasteiger partial charge in [0.15, 0.2) is 0 Å². The maximum atomic E-state index is 6.39. The Labute approximate surface area is 210 Å². The molecule has 1 saturated carbocycles. The van der Waals surface area contributed by atoms with E-state index in [0.717, 1.165) is 17.8 Å². The van der Waals surface area contributed by atoms with Gasteiger partial charge in [-0.3, -0.25) is 0 Å². The van der Waals surface area contributed by atoms with Crippen LogP contribution in [-0.4, -0.2) is 5.54 Å². The van der Waals surface area contributed by atoms with Gasteiger partial charge >= 0.3 is 0 Å². The molecule has 1 unspecified atom stereocenters. The molecule has 0 aromatic rings. The van der Waals surface area contributed by atoms with Gasteiger partial charge in [0, 0.05) is 5.54 Å². The summed E-state index contributed by atoms with van der Waals surface area (Å²) in [5, 5.41) is 0. The minimum atomic E-state index is 0.00209. The van der Waals surface area contributed by atoms with Crippen LogP contribution in [0.3, 0.4) is 0 Å². The smallest absolute Gasteiger partial charge is 0.00996 e. The quantitative estimate of drug-likeness (QED) is 0.134. The van der Waals surface area contributed by atoms with Crippen LogP contribution in [0, 0.1) is 17.8 Å². The van der Waals surface area contributed by atoms with E-state index in [2.05, 4.69) is 27.7 Å². The number of hydrogen-bond acceptors (Lipinski definition) is 1. The molecule has 0 radical (unpaired) electrons. The highest BCUT2D eigenvalue weighted by Gasteiger charge is 2.35. The summed E-state index contributed by atoms with van der Waals surface area (Å²) in [5.74, 6) is 3.08. The summed E-state index contributed by atoms with van der Waals surface area (Å²) >= 11 is 0. The van der Waals surface area contributed by atoms with Crippen LogP contribution in [0.5, 0.6) is 0 Å². The van der Waals surface area contributed by atoms with Crippen LogP contribution in [0.4, 0.5) is 0 Å². The van der Waals surface area contributed by atoms with E-state index in [0.29, 0.717) is 0 Å². The molecule has 0 amide bonds. The molecule has 0 aliphatic heterocycles. The highest BCUT2D eigenvalue weighted by Crippen LogP contribution is 2.45. The van der Waals surface area contributed by atoms with Gasteiger partial charge in [-0.05, 0) is 44.4 Å². The van der Waals surface area contributed by atoms with Gasteiger partial charge in [-0.25, -0.2) is 0 Å². The zero-order chi connectivity index (χ0) is 24.2. The Morgan fingerprint density at radius 1 is 0.576 bits per heavy atom. The summed E-state index contributed by atoms with van der Waals surface area (Å²) < 4.78 is 0. The molecule has 0 heterocycles. The highest BCUT2D eigenvalue weighted by atomic mass is 14.7. The Balaban J connectivity index is 1.97. The van der Waals surface area contributed by atoms with Crippen molar-refractivity contribution in [2.75, 3.05) is 0 Å². The molecule has 33 heavy (non-hydrogen) atoms. The van der Waals surface area contributed by atoms with E-state index < -0.39 is 0 Å². The molecule has 1 fully saturated rings. The third kappa shape index (κ3) is 19.9. The van der Waals surface area contributed by atoms with Crippen LogP contribution in [0.25, 0.3) is 0 Å². The Bertz CT molecular complexity index is 409. The second-order valence-corrected chi connectivity index (χ2v) is 12.6. The van der Waals surface area contributed by atoms with Crippen molar-refractivity contribution in [3.63, 3.8) is 0 Å². The zero-order valence-corrected chi connectivity index (χ0v) is 23.8. The van der Waals surface area contributed by atoms with Crippen molar-refractivity contribution in [1.82, 2.24) is 0 Å². The molecule has 1 nitrogen and oxygen atoms in total. The summed E-state index contributed by atoms with van der Waals surface area (Å²) in [7, 11) is 0. The summed E-state index contributed by atoms with van der Waals surface area (Å²) in [4.78, 5) is 0. The first-order chi connectivity index (χ1) is 16.0. The van der Waals surface area contributed by atoms with Crippen LogP contribution in [0.15, 0.2) is 0 Å². The molecular weight excluding hydrogens is 398 g/mol. The minimum absolute atomic E-state index is 0.00209. The Kier molecular flexibility index (Phi) is 19.0. The number of unbranched alkanes of at least 4 members (excludes halogenated alkanes) is 15. The van der Waals surface area contributed by atoms with Gasteiger partial charge in [0.05, 0.1) is 0 Å². The minimum Gasteiger partial charge on any atom is -0.326 e. The molecule has 2 N–H and O–H groups in total. The number of rotatable bonds is 25. The van der Waals surface area contributed by atoms with Crippen molar-refractivity contribution in [3.8, 4) is 0 Å². The maximum Gasteiger partial charge on any atom is 0.00996 e. The molecule has 1 aliphatic carbocycles. The molecule has 0 bridgehead atoms. The lowest BCUT2D eigenvalue weighted by Gasteiger charge is -2.26. The average molecular weight is 464 g/mol. The van der Waals surface area contributed by atoms with E-state index in [1.807, 2.05) is 0 Å². The molecule has 198 valence electrons. The number of hydrogen-bond donors (Lipinski definition) is 1. The molecule has 0 aromatic heterocycles. The molecule has 0 spiro atoms. The van der Waals surface area contributed by atoms with E-state index in [-0.39, 0.29) is 5.54 Å². The summed E-state index contributed by atoms with van der Waals surface area (Å²) in [6.45, 7) is 9.07. The second-order valence-electron chi connectivity index (χ2n) is 12.6. The van der Waals surface area contributed by atoms with Gasteiger partial charge in [0.25, 0.3) is 0 Å². The van der Waals surface area contributed by atoms with E-state index in [9.17, 15) is 0 Å². The molecule has 0 aromatic carbocycles. The molecular formula is C32H65N. The fraction of sp³-hybridized carbons (Fsp3) is 1.00. The van der Waals surface area contributed by atoms with Gasteiger partial charge in [0.2, 0.25) is 0 Å². The van der Waals surface area contributed by atoms with Gasteiger partial charge in [-0.2, -0.15) is 0 Å². The monoisotopic (exact) mass is 464 g/mol. The molecule has 1 rings (SSSR count). The van der Waals surface area contributed by atoms with Crippen molar-refractivity contribution in [2.45, 2.75) is 187 Å². The maximum absolute atomic E-state index is 6.39. The van der Waals surface area contributed by atoms with E-state index in [1.54, 1.807) is 6.42 Å². The largest absolute Gasteiger partial charge is 0.326 e. The first-order valence-electron chi connectivity index (χ1n) is 15.7. The fourth-order valence-corrected chi connectivity index (χ4v) is 6.06. The molecule has 1 aliphatic rings. The molecule has 1 heteroatoms. The van der Waals surface area contributed by atoms with Crippen LogP contribution in [-0.2, 0) is 0 Å². The Morgan fingerprint density at radius 2 is 0.939 bits per heavy atom. The van der Waals surface area contributed by atoms with Gasteiger partial charge < -0.3 is 5.73 Å². The predicted octanol–water partition coefficient (Wildman–Crippen LogP) is 11.0. The third-order valence-electron chi connectivity index (χ3n) is 8.22. The fourth-order valence-electron chi connectivity index (χ4n) is 6.06. The highest BCUT2D eigenvalue weighted by molar-refractivity contribution is 4.85. The first-order valence-corrected chi connectivity index (χ1v) is 15.7. The van der Waals surface area contributed by atoms with Crippen molar-refractivity contribution in [3.05, 3.63) is 0 Å². The van der Waals surface area contributed by atoms with Gasteiger partial charge in [-0.15, -0.1) is 0 Å².